The van der Waals surface area contributed by atoms with Gasteiger partial charge in [-0.25, -0.2) is 4.98 Å². The van der Waals surface area contributed by atoms with Crippen LogP contribution in [0.1, 0.15) is 5.56 Å². The molecule has 2 aromatic carbocycles. The van der Waals surface area contributed by atoms with Crippen molar-refractivity contribution < 1.29 is 4.74 Å². The van der Waals surface area contributed by atoms with Crippen LogP contribution in [0.2, 0.25) is 0 Å². The zero-order valence-electron chi connectivity index (χ0n) is 12.7. The average Bonchev–Trinajstić information content (AvgIpc) is 2.82. The number of rotatable bonds is 5. The predicted octanol–water partition coefficient (Wildman–Crippen LogP) is 4.47. The fourth-order valence-electron chi connectivity index (χ4n) is 2.26. The zero-order valence-corrected chi connectivity index (χ0v) is 14.3. The molecule has 0 saturated carbocycles. The van der Waals surface area contributed by atoms with Gasteiger partial charge in [-0.15, -0.1) is 12.4 Å². The smallest absolute Gasteiger partial charge is 0.168 e. The number of aromatic nitrogens is 2. The Morgan fingerprint density at radius 2 is 1.82 bits per heavy atom. The molecule has 0 atom stereocenters. The minimum atomic E-state index is 0. The third kappa shape index (κ3) is 3.57. The van der Waals surface area contributed by atoms with E-state index in [4.69, 9.17) is 4.74 Å². The van der Waals surface area contributed by atoms with Crippen LogP contribution in [-0.4, -0.2) is 21.9 Å². The summed E-state index contributed by atoms with van der Waals surface area (Å²) in [5.74, 6) is 1.84. The fourth-order valence-corrected chi connectivity index (χ4v) is 3.06. The Kier molecular flexibility index (Phi) is 5.75. The van der Waals surface area contributed by atoms with Crippen LogP contribution in [0.3, 0.4) is 0 Å². The maximum Gasteiger partial charge on any atom is 0.168 e. The number of para-hydroxylation sites is 3. The third-order valence-electron chi connectivity index (χ3n) is 3.41. The van der Waals surface area contributed by atoms with Crippen LogP contribution in [-0.2, 0) is 7.05 Å². The molecular formula is C17H19ClN2OS. The van der Waals surface area contributed by atoms with Gasteiger partial charge in [-0.3, -0.25) is 0 Å². The first-order chi connectivity index (χ1) is 10.3. The summed E-state index contributed by atoms with van der Waals surface area (Å²) in [5, 5.41) is 1.03. The molecule has 0 saturated heterocycles. The molecule has 22 heavy (non-hydrogen) atoms. The van der Waals surface area contributed by atoms with Gasteiger partial charge in [-0.05, 0) is 30.7 Å². The molecule has 3 nitrogen and oxygen atoms in total. The summed E-state index contributed by atoms with van der Waals surface area (Å²) in [5.41, 5.74) is 3.38. The maximum atomic E-state index is 5.81. The highest BCUT2D eigenvalue weighted by Gasteiger charge is 2.07. The molecule has 0 spiro atoms. The van der Waals surface area contributed by atoms with Crippen molar-refractivity contribution in [1.82, 2.24) is 9.55 Å². The van der Waals surface area contributed by atoms with Crippen molar-refractivity contribution in [2.75, 3.05) is 12.4 Å². The van der Waals surface area contributed by atoms with Gasteiger partial charge in [0.2, 0.25) is 0 Å². The Hall–Kier alpha value is -1.65. The van der Waals surface area contributed by atoms with Crippen LogP contribution >= 0.6 is 24.2 Å². The van der Waals surface area contributed by atoms with Crippen LogP contribution in [0.15, 0.2) is 53.7 Å². The molecule has 0 unspecified atom stereocenters. The number of hydrogen-bond acceptors (Lipinski definition) is 3. The summed E-state index contributed by atoms with van der Waals surface area (Å²) in [6, 6.07) is 16.3. The van der Waals surface area contributed by atoms with Gasteiger partial charge in [0.15, 0.2) is 5.16 Å². The van der Waals surface area contributed by atoms with Crippen LogP contribution < -0.4 is 4.74 Å². The Morgan fingerprint density at radius 1 is 1.09 bits per heavy atom. The summed E-state index contributed by atoms with van der Waals surface area (Å²) >= 11 is 1.72. The van der Waals surface area contributed by atoms with Gasteiger partial charge < -0.3 is 9.30 Å². The van der Waals surface area contributed by atoms with Crippen molar-refractivity contribution in [2.24, 2.45) is 7.05 Å². The SMILES string of the molecule is Cc1ccccc1OCCSc1nc2ccccc2n1C.Cl. The van der Waals surface area contributed by atoms with Gasteiger partial charge in [0.05, 0.1) is 17.6 Å². The van der Waals surface area contributed by atoms with Gasteiger partial charge in [0.1, 0.15) is 5.75 Å². The van der Waals surface area contributed by atoms with E-state index in [0.29, 0.717) is 6.61 Å². The van der Waals surface area contributed by atoms with E-state index in [1.165, 1.54) is 11.1 Å². The second kappa shape index (κ2) is 7.56. The van der Waals surface area contributed by atoms with Crippen molar-refractivity contribution >= 4 is 35.2 Å². The molecule has 0 fully saturated rings. The molecule has 0 aliphatic carbocycles. The highest BCUT2D eigenvalue weighted by molar-refractivity contribution is 7.99. The molecule has 0 aliphatic heterocycles. The lowest BCUT2D eigenvalue weighted by molar-refractivity contribution is 0.341. The second-order valence-corrected chi connectivity index (χ2v) is 5.97. The third-order valence-corrected chi connectivity index (χ3v) is 4.41. The van der Waals surface area contributed by atoms with E-state index < -0.39 is 0 Å². The molecule has 5 heteroatoms. The van der Waals surface area contributed by atoms with E-state index in [0.717, 1.165) is 22.2 Å². The largest absolute Gasteiger partial charge is 0.492 e. The standard InChI is InChI=1S/C17H18N2OS.ClH/c1-13-7-3-6-10-16(13)20-11-12-21-17-18-14-8-4-5-9-15(14)19(17)2;/h3-10H,11-12H2,1-2H3;1H. The first kappa shape index (κ1) is 16.7. The maximum absolute atomic E-state index is 5.81. The number of benzene rings is 2. The highest BCUT2D eigenvalue weighted by atomic mass is 35.5. The number of hydrogen-bond donors (Lipinski definition) is 0. The van der Waals surface area contributed by atoms with Gasteiger partial charge in [-0.2, -0.15) is 0 Å². The molecule has 0 N–H and O–H groups in total. The summed E-state index contributed by atoms with van der Waals surface area (Å²) in [6.45, 7) is 2.74. The molecule has 3 rings (SSSR count). The van der Waals surface area contributed by atoms with Crippen LogP contribution in [0.4, 0.5) is 0 Å². The minimum Gasteiger partial charge on any atom is -0.492 e. The van der Waals surface area contributed by atoms with Crippen LogP contribution in [0, 0.1) is 6.92 Å². The highest BCUT2D eigenvalue weighted by Crippen LogP contribution is 2.23. The molecule has 116 valence electrons. The average molecular weight is 335 g/mol. The number of fused-ring (bicyclic) bond motifs is 1. The number of thioether (sulfide) groups is 1. The summed E-state index contributed by atoms with van der Waals surface area (Å²) in [4.78, 5) is 4.64. The second-order valence-electron chi connectivity index (χ2n) is 4.90. The van der Waals surface area contributed by atoms with E-state index in [9.17, 15) is 0 Å². The number of halogens is 1. The Bertz CT molecular complexity index is 757. The normalized spacial score (nSPS) is 10.5. The lowest BCUT2D eigenvalue weighted by atomic mass is 10.2. The number of aryl methyl sites for hydroxylation is 2. The van der Waals surface area contributed by atoms with Gasteiger partial charge in [-0.1, -0.05) is 42.1 Å². The predicted molar refractivity (Wildman–Crippen MR) is 95.4 cm³/mol. The molecule has 3 aromatic rings. The monoisotopic (exact) mass is 334 g/mol. The van der Waals surface area contributed by atoms with Gasteiger partial charge >= 0.3 is 0 Å². The molecule has 0 bridgehead atoms. The minimum absolute atomic E-state index is 0. The Balaban J connectivity index is 0.00000176. The Morgan fingerprint density at radius 3 is 2.59 bits per heavy atom. The zero-order chi connectivity index (χ0) is 14.7. The summed E-state index contributed by atoms with van der Waals surface area (Å²) in [6.07, 6.45) is 0. The molecule has 1 aromatic heterocycles. The van der Waals surface area contributed by atoms with Crippen LogP contribution in [0.5, 0.6) is 5.75 Å². The topological polar surface area (TPSA) is 27.1 Å². The van der Waals surface area contributed by atoms with E-state index in [1.807, 2.05) is 36.4 Å². The van der Waals surface area contributed by atoms with Crippen molar-refractivity contribution in [2.45, 2.75) is 12.1 Å². The molecule has 1 heterocycles. The number of ether oxygens (including phenoxy) is 1. The number of nitrogens with zero attached hydrogens (tertiary/aromatic N) is 2. The van der Waals surface area contributed by atoms with E-state index >= 15 is 0 Å². The Labute approximate surface area is 141 Å². The lowest BCUT2D eigenvalue weighted by Crippen LogP contribution is -2.02. The van der Waals surface area contributed by atoms with E-state index in [1.54, 1.807) is 11.8 Å². The van der Waals surface area contributed by atoms with Crippen LogP contribution in [0.25, 0.3) is 11.0 Å². The molecular weight excluding hydrogens is 316 g/mol. The first-order valence-electron chi connectivity index (χ1n) is 6.98. The molecule has 0 amide bonds. The molecule has 0 radical (unpaired) electrons. The van der Waals surface area contributed by atoms with E-state index in [-0.39, 0.29) is 12.4 Å². The fraction of sp³-hybridized carbons (Fsp3) is 0.235. The lowest BCUT2D eigenvalue weighted by Gasteiger charge is -2.08. The quantitative estimate of drug-likeness (QED) is 0.508. The van der Waals surface area contributed by atoms with Gasteiger partial charge in [0, 0.05) is 12.8 Å². The first-order valence-corrected chi connectivity index (χ1v) is 7.97. The number of imidazole rings is 1. The van der Waals surface area contributed by atoms with Gasteiger partial charge in [0.25, 0.3) is 0 Å². The molecule has 0 aliphatic rings. The van der Waals surface area contributed by atoms with Crippen molar-refractivity contribution in [3.05, 3.63) is 54.1 Å². The van der Waals surface area contributed by atoms with E-state index in [2.05, 4.69) is 35.7 Å². The summed E-state index contributed by atoms with van der Waals surface area (Å²) in [7, 11) is 2.06. The van der Waals surface area contributed by atoms with Crippen molar-refractivity contribution in [1.29, 1.82) is 0 Å². The van der Waals surface area contributed by atoms with Crippen molar-refractivity contribution in [3.8, 4) is 5.75 Å². The summed E-state index contributed by atoms with van der Waals surface area (Å²) < 4.78 is 7.95. The van der Waals surface area contributed by atoms with Crippen molar-refractivity contribution in [3.63, 3.8) is 0 Å².